The summed E-state index contributed by atoms with van der Waals surface area (Å²) in [5.74, 6) is 1.03. The first-order valence-corrected chi connectivity index (χ1v) is 11.0. The summed E-state index contributed by atoms with van der Waals surface area (Å²) in [6.07, 6.45) is 7.74. The topological polar surface area (TPSA) is 43.3 Å². The summed E-state index contributed by atoms with van der Waals surface area (Å²) in [5.41, 5.74) is 0.636. The van der Waals surface area contributed by atoms with Gasteiger partial charge < -0.3 is 14.4 Å². The lowest BCUT2D eigenvalue weighted by Crippen LogP contribution is -3.15. The second-order valence-corrected chi connectivity index (χ2v) is 11.2. The Morgan fingerprint density at radius 2 is 2.00 bits per heavy atom. The molecule has 1 unspecified atom stereocenters. The van der Waals surface area contributed by atoms with Crippen molar-refractivity contribution in [1.82, 2.24) is 0 Å². The molecule has 3 aliphatic heterocycles. The van der Waals surface area contributed by atoms with Gasteiger partial charge in [-0.2, -0.15) is 0 Å². The van der Waals surface area contributed by atoms with Gasteiger partial charge in [0.25, 0.3) is 0 Å². The van der Waals surface area contributed by atoms with Gasteiger partial charge in [0, 0.05) is 16.7 Å². The number of hydrogen-bond donors (Lipinski definition) is 1. The number of rotatable bonds is 2. The van der Waals surface area contributed by atoms with Gasteiger partial charge in [0.2, 0.25) is 0 Å². The zero-order chi connectivity index (χ0) is 18.3. The molecule has 2 aliphatic carbocycles. The molecule has 26 heavy (non-hydrogen) atoms. The largest absolute Gasteiger partial charge is 0.462 e. The van der Waals surface area contributed by atoms with Crippen molar-refractivity contribution >= 4 is 5.97 Å². The number of likely N-dealkylation sites (tertiary alicyclic amines) is 1. The highest BCUT2D eigenvalue weighted by atomic mass is 16.6. The Labute approximate surface area is 158 Å². The van der Waals surface area contributed by atoms with E-state index in [0.29, 0.717) is 17.3 Å². The minimum Gasteiger partial charge on any atom is -0.462 e. The van der Waals surface area contributed by atoms with E-state index in [1.165, 1.54) is 45.2 Å². The Morgan fingerprint density at radius 1 is 1.19 bits per heavy atom. The lowest BCUT2D eigenvalue weighted by Gasteiger charge is -2.49. The van der Waals surface area contributed by atoms with Crippen molar-refractivity contribution < 1.29 is 19.2 Å². The number of quaternary nitrogens is 1. The zero-order valence-electron chi connectivity index (χ0n) is 17.0. The number of epoxide rings is 1. The first-order chi connectivity index (χ1) is 12.3. The van der Waals surface area contributed by atoms with E-state index in [0.717, 1.165) is 13.0 Å². The number of fused-ring (bicyclic) bond motifs is 2. The van der Waals surface area contributed by atoms with E-state index >= 15 is 0 Å². The van der Waals surface area contributed by atoms with Crippen molar-refractivity contribution in [2.45, 2.75) is 84.0 Å². The molecular formula is C22H36NO3+. The van der Waals surface area contributed by atoms with E-state index in [4.69, 9.17) is 9.47 Å². The molecule has 5 fully saturated rings. The summed E-state index contributed by atoms with van der Waals surface area (Å²) in [7, 11) is 0. The van der Waals surface area contributed by atoms with Gasteiger partial charge in [0.15, 0.2) is 0 Å². The van der Waals surface area contributed by atoms with Crippen molar-refractivity contribution in [3.63, 3.8) is 0 Å². The van der Waals surface area contributed by atoms with E-state index < -0.39 is 0 Å². The van der Waals surface area contributed by atoms with E-state index in [1.54, 1.807) is 4.90 Å². The van der Waals surface area contributed by atoms with Crippen LogP contribution in [-0.2, 0) is 14.3 Å². The van der Waals surface area contributed by atoms with Gasteiger partial charge in [0.1, 0.15) is 17.6 Å². The van der Waals surface area contributed by atoms with Gasteiger partial charge in [-0.15, -0.1) is 0 Å². The highest BCUT2D eigenvalue weighted by molar-refractivity contribution is 5.76. The normalized spacial score (nSPS) is 54.7. The Balaban J connectivity index is 1.38. The van der Waals surface area contributed by atoms with Crippen molar-refractivity contribution in [3.8, 4) is 0 Å². The monoisotopic (exact) mass is 362 g/mol. The molecular weight excluding hydrogens is 326 g/mol. The Hall–Kier alpha value is -0.610. The average molecular weight is 363 g/mol. The lowest BCUT2D eigenvalue weighted by molar-refractivity contribution is -0.914. The molecule has 0 radical (unpaired) electrons. The second-order valence-electron chi connectivity index (χ2n) is 11.2. The summed E-state index contributed by atoms with van der Waals surface area (Å²) >= 11 is 0. The van der Waals surface area contributed by atoms with Crippen LogP contribution in [0.3, 0.4) is 0 Å². The summed E-state index contributed by atoms with van der Waals surface area (Å²) in [6.45, 7) is 12.9. The number of carbonyl (C=O) groups excluding carboxylic acids is 1. The molecule has 3 saturated heterocycles. The minimum absolute atomic E-state index is 0.0369. The number of esters is 1. The molecule has 8 atom stereocenters. The first kappa shape index (κ1) is 17.5. The molecule has 3 heterocycles. The maximum absolute atomic E-state index is 12.8. The molecule has 4 nitrogen and oxygen atoms in total. The van der Waals surface area contributed by atoms with Crippen LogP contribution in [-0.4, -0.2) is 43.4 Å². The molecule has 1 N–H and O–H groups in total. The Morgan fingerprint density at radius 3 is 2.77 bits per heavy atom. The minimum atomic E-state index is 0.0369. The van der Waals surface area contributed by atoms with Gasteiger partial charge in [-0.05, 0) is 38.0 Å². The number of carbonyl (C=O) groups is 1. The molecule has 0 aromatic heterocycles. The molecule has 0 amide bonds. The van der Waals surface area contributed by atoms with Crippen LogP contribution in [0.4, 0.5) is 0 Å². The number of ether oxygens (including phenoxy) is 2. The summed E-state index contributed by atoms with van der Waals surface area (Å²) in [6, 6.07) is 0. The molecule has 0 bridgehead atoms. The van der Waals surface area contributed by atoms with Crippen LogP contribution in [0.2, 0.25) is 0 Å². The maximum atomic E-state index is 12.8. The van der Waals surface area contributed by atoms with Crippen LogP contribution in [0.15, 0.2) is 0 Å². The van der Waals surface area contributed by atoms with Crippen LogP contribution in [0.25, 0.3) is 0 Å². The summed E-state index contributed by atoms with van der Waals surface area (Å²) in [4.78, 5) is 14.4. The molecule has 5 aliphatic rings. The Kier molecular flexibility index (Phi) is 3.68. The fraction of sp³-hybridized carbons (Fsp3) is 0.955. The van der Waals surface area contributed by atoms with Gasteiger partial charge in [-0.1, -0.05) is 34.1 Å². The van der Waals surface area contributed by atoms with Crippen LogP contribution < -0.4 is 4.90 Å². The predicted molar refractivity (Wildman–Crippen MR) is 98.8 cm³/mol. The summed E-state index contributed by atoms with van der Waals surface area (Å²) in [5, 5.41) is 0. The maximum Gasteiger partial charge on any atom is 0.315 e. The Bertz CT molecular complexity index is 619. The average Bonchev–Trinajstić information content (AvgIpc) is 3.22. The fourth-order valence-electron chi connectivity index (χ4n) is 7.62. The fourth-order valence-corrected chi connectivity index (χ4v) is 7.62. The van der Waals surface area contributed by atoms with Gasteiger partial charge >= 0.3 is 5.97 Å². The third kappa shape index (κ3) is 2.30. The highest BCUT2D eigenvalue weighted by Crippen LogP contribution is 2.70. The van der Waals surface area contributed by atoms with Crippen LogP contribution in [0.1, 0.15) is 66.2 Å². The number of nitrogens with one attached hydrogen (secondary N) is 1. The van der Waals surface area contributed by atoms with E-state index in [2.05, 4.69) is 27.7 Å². The number of hydrogen-bond acceptors (Lipinski definition) is 3. The van der Waals surface area contributed by atoms with Crippen molar-refractivity contribution in [2.24, 2.45) is 28.6 Å². The molecule has 2 saturated carbocycles. The molecule has 5 rings (SSSR count). The van der Waals surface area contributed by atoms with Crippen LogP contribution in [0, 0.1) is 28.6 Å². The quantitative estimate of drug-likeness (QED) is 0.605. The molecule has 0 aromatic carbocycles. The number of piperidine rings is 1. The highest BCUT2D eigenvalue weighted by Gasteiger charge is 2.78. The third-order valence-electron chi connectivity index (χ3n) is 8.82. The van der Waals surface area contributed by atoms with E-state index in [1.807, 2.05) is 0 Å². The molecule has 0 aromatic rings. The van der Waals surface area contributed by atoms with Crippen LogP contribution in [0.5, 0.6) is 0 Å². The van der Waals surface area contributed by atoms with Gasteiger partial charge in [-0.3, -0.25) is 4.79 Å². The lowest BCUT2D eigenvalue weighted by atomic mass is 9.53. The SMILES string of the molecule is C[C@H]1CCC[C@]2(C)C[C@H]3OC(=O)[C@H](C[NH+]4CCCC(C)(C)C4)[C@H]3[C@@H]3O[C@@]132. The zero-order valence-corrected chi connectivity index (χ0v) is 17.0. The van der Waals surface area contributed by atoms with E-state index in [9.17, 15) is 4.79 Å². The van der Waals surface area contributed by atoms with Gasteiger partial charge in [0.05, 0.1) is 25.7 Å². The molecule has 4 heteroatoms. The third-order valence-corrected chi connectivity index (χ3v) is 8.82. The smallest absolute Gasteiger partial charge is 0.315 e. The standard InChI is InChI=1S/C22H35NO3/c1-14-7-5-9-21(4)11-16-17(18-22(14,21)26-18)15(19(24)25-16)12-23-10-6-8-20(2,3)13-23/h14-18H,5-13H2,1-4H3/p+1/t14-,15+,16+,17+,18-,21+,22-/m0/s1. The molecule has 146 valence electrons. The predicted octanol–water partition coefficient (Wildman–Crippen LogP) is 2.22. The summed E-state index contributed by atoms with van der Waals surface area (Å²) < 4.78 is 12.5. The van der Waals surface area contributed by atoms with Crippen molar-refractivity contribution in [3.05, 3.63) is 0 Å². The van der Waals surface area contributed by atoms with Gasteiger partial charge in [-0.25, -0.2) is 0 Å². The first-order valence-electron chi connectivity index (χ1n) is 11.0. The van der Waals surface area contributed by atoms with E-state index in [-0.39, 0.29) is 35.1 Å². The second kappa shape index (κ2) is 5.47. The molecule has 1 spiro atoms. The van der Waals surface area contributed by atoms with Crippen molar-refractivity contribution in [2.75, 3.05) is 19.6 Å². The van der Waals surface area contributed by atoms with Crippen LogP contribution >= 0.6 is 0 Å². The van der Waals surface area contributed by atoms with Crippen molar-refractivity contribution in [1.29, 1.82) is 0 Å².